The number of piperidine rings is 1. The summed E-state index contributed by atoms with van der Waals surface area (Å²) in [5, 5.41) is 3.23. The van der Waals surface area contributed by atoms with E-state index in [0.717, 1.165) is 25.9 Å². The van der Waals surface area contributed by atoms with Crippen LogP contribution in [0, 0.1) is 11.8 Å². The summed E-state index contributed by atoms with van der Waals surface area (Å²) in [6.45, 7) is 6.41. The molecule has 1 rings (SSSR count). The molecule has 0 bridgehead atoms. The first-order valence-corrected chi connectivity index (χ1v) is 7.33. The van der Waals surface area contributed by atoms with Crippen molar-refractivity contribution in [2.24, 2.45) is 11.8 Å². The predicted octanol–water partition coefficient (Wildman–Crippen LogP) is 0.561. The van der Waals surface area contributed by atoms with Gasteiger partial charge in [0, 0.05) is 6.54 Å². The first-order chi connectivity index (χ1) is 6.99. The zero-order chi connectivity index (χ0) is 11.3. The van der Waals surface area contributed by atoms with Gasteiger partial charge >= 0.3 is 0 Å². The molecule has 0 aromatic carbocycles. The second kappa shape index (κ2) is 5.82. The van der Waals surface area contributed by atoms with Crippen LogP contribution < -0.4 is 10.0 Å². The number of sulfonamides is 1. The summed E-state index contributed by atoms with van der Waals surface area (Å²) in [4.78, 5) is 0. The standard InChI is InChI=1S/C10H22N2O2S/c1-9(2)6-12-15(13,14)8-10-4-3-5-11-7-10/h9-12H,3-8H2,1-2H3. The third-order valence-electron chi connectivity index (χ3n) is 2.57. The van der Waals surface area contributed by atoms with E-state index in [1.165, 1.54) is 0 Å². The van der Waals surface area contributed by atoms with E-state index in [9.17, 15) is 8.42 Å². The maximum Gasteiger partial charge on any atom is 0.211 e. The summed E-state index contributed by atoms with van der Waals surface area (Å²) >= 11 is 0. The highest BCUT2D eigenvalue weighted by molar-refractivity contribution is 7.89. The molecule has 1 fully saturated rings. The number of nitrogens with one attached hydrogen (secondary N) is 2. The molecule has 0 spiro atoms. The smallest absolute Gasteiger partial charge is 0.211 e. The Morgan fingerprint density at radius 2 is 2.20 bits per heavy atom. The molecule has 0 radical (unpaired) electrons. The van der Waals surface area contributed by atoms with Crippen molar-refractivity contribution >= 4 is 10.0 Å². The van der Waals surface area contributed by atoms with Gasteiger partial charge in [-0.15, -0.1) is 0 Å². The summed E-state index contributed by atoms with van der Waals surface area (Å²) in [5.74, 6) is 0.917. The monoisotopic (exact) mass is 234 g/mol. The molecule has 1 saturated heterocycles. The lowest BCUT2D eigenvalue weighted by Gasteiger charge is -2.22. The normalized spacial score (nSPS) is 23.3. The van der Waals surface area contributed by atoms with Gasteiger partial charge in [-0.25, -0.2) is 13.1 Å². The van der Waals surface area contributed by atoms with Gasteiger partial charge in [-0.05, 0) is 37.8 Å². The minimum absolute atomic E-state index is 0.271. The SMILES string of the molecule is CC(C)CNS(=O)(=O)CC1CCCNC1. The molecular formula is C10H22N2O2S. The van der Waals surface area contributed by atoms with Crippen LogP contribution in [0.5, 0.6) is 0 Å². The van der Waals surface area contributed by atoms with E-state index in [2.05, 4.69) is 10.0 Å². The zero-order valence-corrected chi connectivity index (χ0v) is 10.4. The molecule has 0 aliphatic carbocycles. The van der Waals surface area contributed by atoms with Crippen LogP contribution in [0.3, 0.4) is 0 Å². The van der Waals surface area contributed by atoms with E-state index in [0.29, 0.717) is 12.5 Å². The molecule has 4 nitrogen and oxygen atoms in total. The lowest BCUT2D eigenvalue weighted by atomic mass is 10.0. The molecule has 1 unspecified atom stereocenters. The van der Waals surface area contributed by atoms with Gasteiger partial charge in [-0.1, -0.05) is 13.8 Å². The van der Waals surface area contributed by atoms with Crippen LogP contribution in [-0.4, -0.2) is 33.8 Å². The lowest BCUT2D eigenvalue weighted by Crippen LogP contribution is -2.38. The lowest BCUT2D eigenvalue weighted by molar-refractivity contribution is 0.402. The summed E-state index contributed by atoms with van der Waals surface area (Å²) < 4.78 is 26.0. The van der Waals surface area contributed by atoms with Crippen LogP contribution in [0.15, 0.2) is 0 Å². The van der Waals surface area contributed by atoms with E-state index in [1.54, 1.807) is 0 Å². The van der Waals surface area contributed by atoms with Crippen molar-refractivity contribution in [1.29, 1.82) is 0 Å². The third-order valence-corrected chi connectivity index (χ3v) is 4.08. The second-order valence-electron chi connectivity index (χ2n) is 4.74. The van der Waals surface area contributed by atoms with Gasteiger partial charge in [-0.3, -0.25) is 0 Å². The van der Waals surface area contributed by atoms with Gasteiger partial charge in [0.05, 0.1) is 5.75 Å². The molecule has 1 heterocycles. The Labute approximate surface area is 92.9 Å². The van der Waals surface area contributed by atoms with Crippen molar-refractivity contribution in [1.82, 2.24) is 10.0 Å². The molecule has 0 aromatic heterocycles. The first-order valence-electron chi connectivity index (χ1n) is 5.67. The van der Waals surface area contributed by atoms with Crippen molar-refractivity contribution in [3.05, 3.63) is 0 Å². The van der Waals surface area contributed by atoms with Gasteiger partial charge < -0.3 is 5.32 Å². The van der Waals surface area contributed by atoms with Crippen LogP contribution in [0.1, 0.15) is 26.7 Å². The Hall–Kier alpha value is -0.130. The Kier molecular flexibility index (Phi) is 5.02. The van der Waals surface area contributed by atoms with Crippen molar-refractivity contribution in [2.75, 3.05) is 25.4 Å². The zero-order valence-electron chi connectivity index (χ0n) is 9.62. The van der Waals surface area contributed by atoms with Gasteiger partial charge in [-0.2, -0.15) is 0 Å². The molecule has 2 N–H and O–H groups in total. The van der Waals surface area contributed by atoms with Gasteiger partial charge in [0.25, 0.3) is 0 Å². The molecule has 1 atom stereocenters. The van der Waals surface area contributed by atoms with Crippen LogP contribution in [0.2, 0.25) is 0 Å². The molecule has 1 aliphatic rings. The molecule has 1 aliphatic heterocycles. The highest BCUT2D eigenvalue weighted by Crippen LogP contribution is 2.11. The number of hydrogen-bond donors (Lipinski definition) is 2. The van der Waals surface area contributed by atoms with Gasteiger partial charge in [0.15, 0.2) is 0 Å². The molecule has 0 aromatic rings. The molecule has 5 heteroatoms. The van der Waals surface area contributed by atoms with E-state index in [4.69, 9.17) is 0 Å². The largest absolute Gasteiger partial charge is 0.316 e. The summed E-state index contributed by atoms with van der Waals surface area (Å²) in [6.07, 6.45) is 2.11. The van der Waals surface area contributed by atoms with Gasteiger partial charge in [0.1, 0.15) is 0 Å². The summed E-state index contributed by atoms with van der Waals surface area (Å²) in [7, 11) is -3.07. The van der Waals surface area contributed by atoms with Crippen LogP contribution in [0.25, 0.3) is 0 Å². The minimum atomic E-state index is -3.07. The highest BCUT2D eigenvalue weighted by Gasteiger charge is 2.20. The number of rotatable bonds is 5. The average molecular weight is 234 g/mol. The quantitative estimate of drug-likeness (QED) is 0.731. The van der Waals surface area contributed by atoms with Crippen LogP contribution in [-0.2, 0) is 10.0 Å². The Bertz CT molecular complexity index is 269. The van der Waals surface area contributed by atoms with Crippen molar-refractivity contribution < 1.29 is 8.42 Å². The molecule has 15 heavy (non-hydrogen) atoms. The Morgan fingerprint density at radius 1 is 1.47 bits per heavy atom. The number of hydrogen-bond acceptors (Lipinski definition) is 3. The molecular weight excluding hydrogens is 212 g/mol. The van der Waals surface area contributed by atoms with Gasteiger partial charge in [0.2, 0.25) is 10.0 Å². The summed E-state index contributed by atoms with van der Waals surface area (Å²) in [6, 6.07) is 0. The van der Waals surface area contributed by atoms with Crippen molar-refractivity contribution in [3.8, 4) is 0 Å². The predicted molar refractivity (Wildman–Crippen MR) is 62.2 cm³/mol. The van der Waals surface area contributed by atoms with Crippen LogP contribution >= 0.6 is 0 Å². The maximum atomic E-state index is 11.7. The average Bonchev–Trinajstić information content (AvgIpc) is 2.16. The topological polar surface area (TPSA) is 58.2 Å². The van der Waals surface area contributed by atoms with Crippen molar-refractivity contribution in [3.63, 3.8) is 0 Å². The van der Waals surface area contributed by atoms with E-state index in [-0.39, 0.29) is 11.7 Å². The minimum Gasteiger partial charge on any atom is -0.316 e. The fourth-order valence-electron chi connectivity index (χ4n) is 1.73. The van der Waals surface area contributed by atoms with Crippen molar-refractivity contribution in [2.45, 2.75) is 26.7 Å². The first kappa shape index (κ1) is 12.9. The Morgan fingerprint density at radius 3 is 2.73 bits per heavy atom. The van der Waals surface area contributed by atoms with E-state index < -0.39 is 10.0 Å². The fourth-order valence-corrected chi connectivity index (χ4v) is 3.34. The fraction of sp³-hybridized carbons (Fsp3) is 1.00. The molecule has 0 saturated carbocycles. The van der Waals surface area contributed by atoms with E-state index in [1.807, 2.05) is 13.8 Å². The molecule has 0 amide bonds. The second-order valence-corrected chi connectivity index (χ2v) is 6.59. The van der Waals surface area contributed by atoms with Crippen LogP contribution in [0.4, 0.5) is 0 Å². The Balaban J connectivity index is 2.34. The third kappa shape index (κ3) is 5.49. The molecule has 90 valence electrons. The van der Waals surface area contributed by atoms with E-state index >= 15 is 0 Å². The maximum absolute atomic E-state index is 11.7. The summed E-state index contributed by atoms with van der Waals surface area (Å²) in [5.41, 5.74) is 0. The highest BCUT2D eigenvalue weighted by atomic mass is 32.2.